The number of halogens is 2. The average molecular weight is 287 g/mol. The summed E-state index contributed by atoms with van der Waals surface area (Å²) in [7, 11) is 0. The molecule has 0 saturated heterocycles. The summed E-state index contributed by atoms with van der Waals surface area (Å²) in [6, 6.07) is 4.96. The van der Waals surface area contributed by atoms with Gasteiger partial charge in [-0.3, -0.25) is 0 Å². The lowest BCUT2D eigenvalue weighted by Gasteiger charge is -2.01. The molecule has 18 heavy (non-hydrogen) atoms. The van der Waals surface area contributed by atoms with Crippen LogP contribution in [0.3, 0.4) is 0 Å². The molecule has 4 nitrogen and oxygen atoms in total. The number of ether oxygens (including phenoxy) is 1. The van der Waals surface area contributed by atoms with Crippen LogP contribution in [0.15, 0.2) is 28.9 Å². The third-order valence-corrected chi connectivity index (χ3v) is 2.92. The number of benzene rings is 1. The molecule has 6 heteroatoms. The molecule has 1 aromatic carbocycles. The molecular formula is C12H12Cl2N2O2. The van der Waals surface area contributed by atoms with Crippen LogP contribution in [0.5, 0.6) is 11.8 Å². The van der Waals surface area contributed by atoms with Crippen molar-refractivity contribution in [3.63, 3.8) is 0 Å². The minimum atomic E-state index is 0.182. The zero-order valence-electron chi connectivity index (χ0n) is 9.74. The molecule has 0 aliphatic carbocycles. The van der Waals surface area contributed by atoms with E-state index < -0.39 is 0 Å². The predicted octanol–water partition coefficient (Wildman–Crippen LogP) is 3.88. The van der Waals surface area contributed by atoms with Crippen molar-refractivity contribution in [2.75, 3.05) is 6.54 Å². The van der Waals surface area contributed by atoms with Gasteiger partial charge in [0.15, 0.2) is 0 Å². The molecule has 0 fully saturated rings. The molecule has 0 aliphatic heterocycles. The highest BCUT2D eigenvalue weighted by atomic mass is 35.5. The fraction of sp³-hybridized carbons (Fsp3) is 0.250. The topological polar surface area (TPSA) is 47.3 Å². The van der Waals surface area contributed by atoms with E-state index in [2.05, 4.69) is 10.3 Å². The van der Waals surface area contributed by atoms with Crippen molar-refractivity contribution in [2.24, 2.45) is 0 Å². The normalized spacial score (nSPS) is 10.6. The number of hydrogen-bond acceptors (Lipinski definition) is 4. The summed E-state index contributed by atoms with van der Waals surface area (Å²) >= 11 is 11.7. The highest BCUT2D eigenvalue weighted by molar-refractivity contribution is 6.42. The molecular weight excluding hydrogens is 275 g/mol. The van der Waals surface area contributed by atoms with E-state index in [1.165, 1.54) is 0 Å². The first kappa shape index (κ1) is 13.2. The number of hydrogen-bond donors (Lipinski definition) is 1. The number of aromatic nitrogens is 1. The lowest BCUT2D eigenvalue weighted by molar-refractivity contribution is 0.331. The monoisotopic (exact) mass is 286 g/mol. The van der Waals surface area contributed by atoms with E-state index in [0.29, 0.717) is 22.3 Å². The third-order valence-electron chi connectivity index (χ3n) is 2.18. The van der Waals surface area contributed by atoms with Crippen molar-refractivity contribution in [3.05, 3.63) is 40.2 Å². The van der Waals surface area contributed by atoms with E-state index in [9.17, 15) is 0 Å². The number of oxazole rings is 1. The summed E-state index contributed by atoms with van der Waals surface area (Å²) in [5, 5.41) is 4.04. The largest absolute Gasteiger partial charge is 0.417 e. The summed E-state index contributed by atoms with van der Waals surface area (Å²) in [5.74, 6) is 0.529. The molecule has 0 unspecified atom stereocenters. The minimum Gasteiger partial charge on any atom is -0.417 e. The molecule has 2 aromatic rings. The summed E-state index contributed by atoms with van der Waals surface area (Å²) in [6.45, 7) is 3.54. The molecule has 0 amide bonds. The van der Waals surface area contributed by atoms with Crippen molar-refractivity contribution < 1.29 is 9.15 Å². The van der Waals surface area contributed by atoms with Crippen LogP contribution in [0.1, 0.15) is 12.6 Å². The molecule has 0 aliphatic rings. The van der Waals surface area contributed by atoms with E-state index in [1.54, 1.807) is 24.5 Å². The summed E-state index contributed by atoms with van der Waals surface area (Å²) < 4.78 is 10.6. The molecule has 0 saturated carbocycles. The van der Waals surface area contributed by atoms with Gasteiger partial charge in [0, 0.05) is 12.6 Å². The quantitative estimate of drug-likeness (QED) is 0.906. The first-order valence-electron chi connectivity index (χ1n) is 5.47. The second-order valence-electron chi connectivity index (χ2n) is 3.56. The third kappa shape index (κ3) is 3.38. The van der Waals surface area contributed by atoms with Gasteiger partial charge in [-0.25, -0.2) is 0 Å². The van der Waals surface area contributed by atoms with Crippen LogP contribution >= 0.6 is 23.2 Å². The number of rotatable bonds is 5. The summed E-state index contributed by atoms with van der Waals surface area (Å²) in [6.07, 6.45) is 1.73. The van der Waals surface area contributed by atoms with E-state index in [1.807, 2.05) is 6.92 Å². The van der Waals surface area contributed by atoms with E-state index in [4.69, 9.17) is 32.4 Å². The van der Waals surface area contributed by atoms with Gasteiger partial charge in [0.25, 0.3) is 0 Å². The molecule has 0 bridgehead atoms. The maximum Gasteiger partial charge on any atom is 0.399 e. The smallest absolute Gasteiger partial charge is 0.399 e. The summed E-state index contributed by atoms with van der Waals surface area (Å²) in [5.41, 5.74) is 0.784. The molecule has 1 heterocycles. The van der Waals surface area contributed by atoms with Gasteiger partial charge in [0.1, 0.15) is 12.0 Å². The van der Waals surface area contributed by atoms with Gasteiger partial charge in [-0.1, -0.05) is 30.1 Å². The van der Waals surface area contributed by atoms with Gasteiger partial charge in [0.05, 0.1) is 15.7 Å². The molecule has 0 atom stereocenters. The Hall–Kier alpha value is -1.23. The summed E-state index contributed by atoms with van der Waals surface area (Å²) in [4.78, 5) is 4.17. The predicted molar refractivity (Wildman–Crippen MR) is 70.4 cm³/mol. The Morgan fingerprint density at radius 3 is 2.89 bits per heavy atom. The van der Waals surface area contributed by atoms with Crippen molar-refractivity contribution in [3.8, 4) is 11.8 Å². The zero-order chi connectivity index (χ0) is 13.0. The van der Waals surface area contributed by atoms with Crippen LogP contribution in [-0.4, -0.2) is 11.5 Å². The second kappa shape index (κ2) is 6.09. The van der Waals surface area contributed by atoms with Crippen molar-refractivity contribution in [2.45, 2.75) is 13.5 Å². The van der Waals surface area contributed by atoms with Crippen LogP contribution in [0, 0.1) is 0 Å². The highest BCUT2D eigenvalue weighted by Crippen LogP contribution is 2.29. The van der Waals surface area contributed by atoms with Crippen LogP contribution in [0.4, 0.5) is 0 Å². The van der Waals surface area contributed by atoms with Gasteiger partial charge in [-0.15, -0.1) is 0 Å². The van der Waals surface area contributed by atoms with E-state index >= 15 is 0 Å². The van der Waals surface area contributed by atoms with Gasteiger partial charge in [0.2, 0.25) is 0 Å². The Labute approximate surface area is 115 Å². The Morgan fingerprint density at radius 1 is 1.33 bits per heavy atom. The van der Waals surface area contributed by atoms with Crippen LogP contribution in [-0.2, 0) is 6.54 Å². The number of nitrogens with zero attached hydrogens (tertiary/aromatic N) is 1. The standard InChI is InChI=1S/C12H12Cl2N2O2/c1-2-15-6-8-7-17-12(16-8)18-9-3-4-10(13)11(14)5-9/h3-5,7,15H,2,6H2,1H3. The molecule has 96 valence electrons. The van der Waals surface area contributed by atoms with Crippen molar-refractivity contribution in [1.29, 1.82) is 0 Å². The Morgan fingerprint density at radius 2 is 2.17 bits per heavy atom. The van der Waals surface area contributed by atoms with Gasteiger partial charge in [-0.2, -0.15) is 4.98 Å². The molecule has 0 radical (unpaired) electrons. The fourth-order valence-corrected chi connectivity index (χ4v) is 1.60. The lowest BCUT2D eigenvalue weighted by atomic mass is 10.3. The zero-order valence-corrected chi connectivity index (χ0v) is 11.3. The van der Waals surface area contributed by atoms with Gasteiger partial charge >= 0.3 is 6.08 Å². The van der Waals surface area contributed by atoms with E-state index in [-0.39, 0.29) is 6.08 Å². The van der Waals surface area contributed by atoms with Crippen molar-refractivity contribution >= 4 is 23.2 Å². The second-order valence-corrected chi connectivity index (χ2v) is 4.38. The van der Waals surface area contributed by atoms with Gasteiger partial charge < -0.3 is 14.5 Å². The molecule has 1 aromatic heterocycles. The Balaban J connectivity index is 2.04. The van der Waals surface area contributed by atoms with Crippen molar-refractivity contribution in [1.82, 2.24) is 10.3 Å². The van der Waals surface area contributed by atoms with Crippen LogP contribution < -0.4 is 10.1 Å². The van der Waals surface area contributed by atoms with Crippen LogP contribution in [0.2, 0.25) is 10.0 Å². The number of nitrogens with one attached hydrogen (secondary N) is 1. The van der Waals surface area contributed by atoms with E-state index in [0.717, 1.165) is 12.2 Å². The van der Waals surface area contributed by atoms with Crippen LogP contribution in [0.25, 0.3) is 0 Å². The maximum absolute atomic E-state index is 5.88. The molecule has 2 rings (SSSR count). The minimum absolute atomic E-state index is 0.182. The first-order chi connectivity index (χ1) is 8.69. The fourth-order valence-electron chi connectivity index (χ4n) is 1.31. The Kier molecular flexibility index (Phi) is 4.47. The highest BCUT2D eigenvalue weighted by Gasteiger charge is 2.07. The molecule has 1 N–H and O–H groups in total. The SMILES string of the molecule is CCNCc1coc(Oc2ccc(Cl)c(Cl)c2)n1. The Bertz CT molecular complexity index is 529. The average Bonchev–Trinajstić information content (AvgIpc) is 2.79. The maximum atomic E-state index is 5.88. The first-order valence-corrected chi connectivity index (χ1v) is 6.22. The lowest BCUT2D eigenvalue weighted by Crippen LogP contribution is -2.11. The molecule has 0 spiro atoms. The van der Waals surface area contributed by atoms with Gasteiger partial charge in [-0.05, 0) is 18.7 Å².